The lowest BCUT2D eigenvalue weighted by atomic mass is 9.79. The lowest BCUT2D eigenvalue weighted by Gasteiger charge is -2.32. The maximum absolute atomic E-state index is 12.1. The SMILES string of the molecule is COC1(C(=O)C(C)(C)C)CCCC1. The molecule has 0 unspecified atom stereocenters. The van der Waals surface area contributed by atoms with Crippen LogP contribution >= 0.6 is 0 Å². The number of ether oxygens (including phenoxy) is 1. The zero-order valence-electron chi connectivity index (χ0n) is 9.14. The van der Waals surface area contributed by atoms with Gasteiger partial charge in [0, 0.05) is 12.5 Å². The molecule has 1 aliphatic rings. The molecule has 1 fully saturated rings. The van der Waals surface area contributed by atoms with Crippen molar-refractivity contribution in [2.75, 3.05) is 7.11 Å². The molecule has 0 aromatic carbocycles. The first kappa shape index (κ1) is 10.7. The third-order valence-corrected chi connectivity index (χ3v) is 2.90. The Balaban J connectivity index is 2.83. The summed E-state index contributed by atoms with van der Waals surface area (Å²) < 4.78 is 5.44. The van der Waals surface area contributed by atoms with Crippen molar-refractivity contribution in [2.45, 2.75) is 52.1 Å². The van der Waals surface area contributed by atoms with Crippen molar-refractivity contribution in [2.24, 2.45) is 5.41 Å². The van der Waals surface area contributed by atoms with E-state index >= 15 is 0 Å². The van der Waals surface area contributed by atoms with E-state index in [4.69, 9.17) is 4.74 Å². The van der Waals surface area contributed by atoms with Gasteiger partial charge in [0.2, 0.25) is 0 Å². The minimum absolute atomic E-state index is 0.264. The number of hydrogen-bond acceptors (Lipinski definition) is 2. The van der Waals surface area contributed by atoms with Crippen LogP contribution in [0.15, 0.2) is 0 Å². The third-order valence-electron chi connectivity index (χ3n) is 2.90. The Morgan fingerprint density at radius 1 is 1.23 bits per heavy atom. The van der Waals surface area contributed by atoms with Crippen LogP contribution in [0.4, 0.5) is 0 Å². The van der Waals surface area contributed by atoms with Gasteiger partial charge >= 0.3 is 0 Å². The van der Waals surface area contributed by atoms with Crippen LogP contribution in [0.25, 0.3) is 0 Å². The second-order valence-corrected chi connectivity index (χ2v) is 4.98. The highest BCUT2D eigenvalue weighted by molar-refractivity contribution is 5.92. The Bertz CT molecular complexity index is 195. The molecule has 76 valence electrons. The van der Waals surface area contributed by atoms with Crippen molar-refractivity contribution in [1.82, 2.24) is 0 Å². The third kappa shape index (κ3) is 1.93. The highest BCUT2D eigenvalue weighted by Crippen LogP contribution is 2.38. The normalized spacial score (nSPS) is 21.8. The predicted octanol–water partition coefficient (Wildman–Crippen LogP) is 2.56. The molecule has 1 aliphatic carbocycles. The van der Waals surface area contributed by atoms with Gasteiger partial charge in [0.1, 0.15) is 5.60 Å². The van der Waals surface area contributed by atoms with Gasteiger partial charge in [0.05, 0.1) is 0 Å². The van der Waals surface area contributed by atoms with Crippen molar-refractivity contribution in [3.63, 3.8) is 0 Å². The van der Waals surface area contributed by atoms with Gasteiger partial charge in [-0.1, -0.05) is 20.8 Å². The van der Waals surface area contributed by atoms with Gasteiger partial charge in [-0.05, 0) is 25.7 Å². The second kappa shape index (κ2) is 3.41. The average molecular weight is 184 g/mol. The van der Waals surface area contributed by atoms with E-state index in [0.29, 0.717) is 0 Å². The van der Waals surface area contributed by atoms with Gasteiger partial charge < -0.3 is 4.74 Å². The summed E-state index contributed by atoms with van der Waals surface area (Å²) in [6, 6.07) is 0. The molecular formula is C11H20O2. The molecule has 0 bridgehead atoms. The first-order valence-corrected chi connectivity index (χ1v) is 5.02. The Hall–Kier alpha value is -0.370. The fourth-order valence-corrected chi connectivity index (χ4v) is 2.15. The van der Waals surface area contributed by atoms with Crippen molar-refractivity contribution in [3.05, 3.63) is 0 Å². The summed E-state index contributed by atoms with van der Waals surface area (Å²) in [6.45, 7) is 5.90. The van der Waals surface area contributed by atoms with Crippen LogP contribution < -0.4 is 0 Å². The molecule has 1 saturated carbocycles. The zero-order chi connectivity index (χ0) is 10.1. The van der Waals surface area contributed by atoms with Crippen LogP contribution in [0, 0.1) is 5.41 Å². The van der Waals surface area contributed by atoms with E-state index in [1.165, 1.54) is 0 Å². The van der Waals surface area contributed by atoms with E-state index in [2.05, 4.69) is 0 Å². The van der Waals surface area contributed by atoms with Crippen molar-refractivity contribution in [1.29, 1.82) is 0 Å². The number of Topliss-reactive ketones (excluding diaryl/α,β-unsaturated/α-hetero) is 1. The molecule has 0 heterocycles. The fourth-order valence-electron chi connectivity index (χ4n) is 2.15. The molecule has 2 heteroatoms. The lowest BCUT2D eigenvalue weighted by molar-refractivity contribution is -0.148. The summed E-state index contributed by atoms with van der Waals surface area (Å²) in [6.07, 6.45) is 4.05. The maximum Gasteiger partial charge on any atom is 0.169 e. The zero-order valence-corrected chi connectivity index (χ0v) is 9.14. The molecular weight excluding hydrogens is 164 g/mol. The number of methoxy groups -OCH3 is 1. The number of hydrogen-bond donors (Lipinski definition) is 0. The quantitative estimate of drug-likeness (QED) is 0.659. The van der Waals surface area contributed by atoms with Crippen LogP contribution in [0.5, 0.6) is 0 Å². The van der Waals surface area contributed by atoms with E-state index in [1.807, 2.05) is 20.8 Å². The van der Waals surface area contributed by atoms with Crippen LogP contribution in [0.3, 0.4) is 0 Å². The molecule has 0 aliphatic heterocycles. The summed E-state index contributed by atoms with van der Waals surface area (Å²) >= 11 is 0. The van der Waals surface area contributed by atoms with E-state index < -0.39 is 5.60 Å². The first-order valence-electron chi connectivity index (χ1n) is 5.02. The number of rotatable bonds is 2. The van der Waals surface area contributed by atoms with Crippen LogP contribution in [-0.4, -0.2) is 18.5 Å². The molecule has 0 aromatic heterocycles. The minimum atomic E-state index is -0.460. The van der Waals surface area contributed by atoms with Gasteiger partial charge in [-0.3, -0.25) is 4.79 Å². The van der Waals surface area contributed by atoms with E-state index in [0.717, 1.165) is 25.7 Å². The molecule has 0 atom stereocenters. The Kier molecular flexibility index (Phi) is 2.81. The summed E-state index contributed by atoms with van der Waals surface area (Å²) in [5.74, 6) is 0.264. The van der Waals surface area contributed by atoms with E-state index in [-0.39, 0.29) is 11.2 Å². The number of carbonyl (C=O) groups excluding carboxylic acids is 1. The molecule has 0 spiro atoms. The van der Waals surface area contributed by atoms with Crippen molar-refractivity contribution in [3.8, 4) is 0 Å². The van der Waals surface area contributed by atoms with Gasteiger partial charge in [-0.15, -0.1) is 0 Å². The molecule has 0 saturated heterocycles. The van der Waals surface area contributed by atoms with Crippen LogP contribution in [-0.2, 0) is 9.53 Å². The molecule has 0 N–H and O–H groups in total. The number of ketones is 1. The molecule has 0 radical (unpaired) electrons. The molecule has 0 amide bonds. The monoisotopic (exact) mass is 184 g/mol. The Morgan fingerprint density at radius 2 is 1.69 bits per heavy atom. The Labute approximate surface area is 80.7 Å². The minimum Gasteiger partial charge on any atom is -0.370 e. The predicted molar refractivity (Wildman–Crippen MR) is 52.7 cm³/mol. The number of carbonyl (C=O) groups is 1. The standard InChI is InChI=1S/C11H20O2/c1-10(2,3)9(12)11(13-4)7-5-6-8-11/h5-8H2,1-4H3. The largest absolute Gasteiger partial charge is 0.370 e. The van der Waals surface area contributed by atoms with Gasteiger partial charge in [0.25, 0.3) is 0 Å². The average Bonchev–Trinajstić information content (AvgIpc) is 2.50. The van der Waals surface area contributed by atoms with Gasteiger partial charge in [-0.25, -0.2) is 0 Å². The van der Waals surface area contributed by atoms with Crippen LogP contribution in [0.1, 0.15) is 46.5 Å². The van der Waals surface area contributed by atoms with E-state index in [9.17, 15) is 4.79 Å². The molecule has 1 rings (SSSR count). The van der Waals surface area contributed by atoms with Crippen molar-refractivity contribution >= 4 is 5.78 Å². The molecule has 13 heavy (non-hydrogen) atoms. The van der Waals surface area contributed by atoms with Gasteiger partial charge in [0.15, 0.2) is 5.78 Å². The highest BCUT2D eigenvalue weighted by Gasteiger charge is 2.45. The Morgan fingerprint density at radius 3 is 2.00 bits per heavy atom. The topological polar surface area (TPSA) is 26.3 Å². The summed E-state index contributed by atoms with van der Waals surface area (Å²) in [5, 5.41) is 0. The fraction of sp³-hybridized carbons (Fsp3) is 0.909. The summed E-state index contributed by atoms with van der Waals surface area (Å²) in [4.78, 5) is 12.1. The molecule has 2 nitrogen and oxygen atoms in total. The smallest absolute Gasteiger partial charge is 0.169 e. The summed E-state index contributed by atoms with van der Waals surface area (Å²) in [5.41, 5.74) is -0.737. The second-order valence-electron chi connectivity index (χ2n) is 4.98. The highest BCUT2D eigenvalue weighted by atomic mass is 16.5. The molecule has 0 aromatic rings. The van der Waals surface area contributed by atoms with Crippen LogP contribution in [0.2, 0.25) is 0 Å². The van der Waals surface area contributed by atoms with Gasteiger partial charge in [-0.2, -0.15) is 0 Å². The van der Waals surface area contributed by atoms with Crippen molar-refractivity contribution < 1.29 is 9.53 Å². The van der Waals surface area contributed by atoms with E-state index in [1.54, 1.807) is 7.11 Å². The first-order chi connectivity index (χ1) is 5.92. The summed E-state index contributed by atoms with van der Waals surface area (Å²) in [7, 11) is 1.66. The lowest BCUT2D eigenvalue weighted by Crippen LogP contribution is -2.44. The maximum atomic E-state index is 12.1.